The molecule has 61 heavy (non-hydrogen) atoms. The van der Waals surface area contributed by atoms with E-state index < -0.39 is 0 Å². The number of anilines is 2. The smallest absolute Gasteiger partial charge is 0.261 e. The molecular formula is C46H51N11O4. The Hall–Kier alpha value is -6.29. The number of aromatic nitrogens is 6. The number of nitrogens with zero attached hydrogens (tertiary/aromatic N) is 10. The van der Waals surface area contributed by atoms with Gasteiger partial charge in [0.1, 0.15) is 29.6 Å². The Kier molecular flexibility index (Phi) is 12.3. The van der Waals surface area contributed by atoms with Gasteiger partial charge in [-0.2, -0.15) is 20.5 Å². The van der Waals surface area contributed by atoms with Crippen molar-refractivity contribution in [1.29, 1.82) is 10.5 Å². The highest BCUT2D eigenvalue weighted by atomic mass is 16.5. The van der Waals surface area contributed by atoms with E-state index >= 15 is 0 Å². The molecule has 7 heterocycles. The van der Waals surface area contributed by atoms with Gasteiger partial charge in [0.15, 0.2) is 11.6 Å². The maximum atomic E-state index is 11.7. The van der Waals surface area contributed by atoms with Crippen LogP contribution in [0.2, 0.25) is 0 Å². The molecule has 0 unspecified atom stereocenters. The zero-order valence-corrected chi connectivity index (χ0v) is 35.5. The number of carbonyl (C=O) groups is 1. The van der Waals surface area contributed by atoms with Gasteiger partial charge in [-0.1, -0.05) is 24.2 Å². The van der Waals surface area contributed by atoms with Crippen LogP contribution in [0.25, 0.3) is 44.7 Å². The Balaban J connectivity index is 0.000000171. The zero-order valence-electron chi connectivity index (χ0n) is 35.5. The topological polar surface area (TPSA) is 196 Å². The van der Waals surface area contributed by atoms with Gasteiger partial charge in [-0.15, -0.1) is 0 Å². The van der Waals surface area contributed by atoms with E-state index in [2.05, 4.69) is 73.5 Å². The summed E-state index contributed by atoms with van der Waals surface area (Å²) in [6.07, 6.45) is 7.02. The molecule has 0 bridgehead atoms. The van der Waals surface area contributed by atoms with E-state index in [-0.39, 0.29) is 5.78 Å². The molecule has 9 rings (SSSR count). The molecule has 3 saturated heterocycles. The highest BCUT2D eigenvalue weighted by Crippen LogP contribution is 2.39. The second-order valence-corrected chi connectivity index (χ2v) is 16.1. The number of hydrogen-bond donors (Lipinski definition) is 1. The van der Waals surface area contributed by atoms with Crippen molar-refractivity contribution >= 4 is 39.2 Å². The van der Waals surface area contributed by atoms with Crippen molar-refractivity contribution in [2.75, 3.05) is 49.2 Å². The van der Waals surface area contributed by atoms with Crippen LogP contribution in [0.3, 0.4) is 0 Å². The summed E-state index contributed by atoms with van der Waals surface area (Å²) in [4.78, 5) is 34.9. The van der Waals surface area contributed by atoms with Gasteiger partial charge in [-0.25, -0.2) is 9.97 Å². The van der Waals surface area contributed by atoms with Crippen molar-refractivity contribution in [3.8, 4) is 35.0 Å². The molecule has 0 radical (unpaired) electrons. The van der Waals surface area contributed by atoms with Gasteiger partial charge in [0.2, 0.25) is 0 Å². The molecule has 0 spiro atoms. The number of ether oxygens (including phenoxy) is 1. The molecule has 1 atom stereocenters. The number of fused-ring (bicyclic) bond motifs is 2. The molecule has 0 amide bonds. The third-order valence-corrected chi connectivity index (χ3v) is 12.0. The molecule has 0 aliphatic carbocycles. The largest absolute Gasteiger partial charge is 0.380 e. The zero-order chi connectivity index (χ0) is 42.6. The Morgan fingerprint density at radius 1 is 0.738 bits per heavy atom. The van der Waals surface area contributed by atoms with E-state index in [4.69, 9.17) is 23.8 Å². The number of nitriles is 2. The second kappa shape index (κ2) is 18.1. The fourth-order valence-corrected chi connectivity index (χ4v) is 8.60. The predicted octanol–water partition coefficient (Wildman–Crippen LogP) is 7.27. The lowest BCUT2D eigenvalue weighted by Crippen LogP contribution is -2.48. The Morgan fingerprint density at radius 2 is 1.36 bits per heavy atom. The number of carbonyl (C=O) groups excluding carboxylic acids is 1. The lowest BCUT2D eigenvalue weighted by molar-refractivity contribution is -0.119. The maximum absolute atomic E-state index is 11.7. The average molecular weight is 822 g/mol. The number of piperidine rings is 2. The minimum absolute atomic E-state index is 0.259. The molecular weight excluding hydrogens is 771 g/mol. The third kappa shape index (κ3) is 8.81. The van der Waals surface area contributed by atoms with E-state index in [9.17, 15) is 15.3 Å². The van der Waals surface area contributed by atoms with Crippen LogP contribution in [0.1, 0.15) is 91.8 Å². The van der Waals surface area contributed by atoms with Gasteiger partial charge in [0, 0.05) is 68.5 Å². The van der Waals surface area contributed by atoms with Crippen molar-refractivity contribution in [1.82, 2.24) is 35.6 Å². The maximum Gasteiger partial charge on any atom is 0.261 e. The molecule has 1 N–H and O–H groups in total. The number of ketones is 1. The first-order valence-electron chi connectivity index (χ1n) is 21.4. The molecule has 314 valence electrons. The second-order valence-electron chi connectivity index (χ2n) is 16.1. The van der Waals surface area contributed by atoms with Crippen molar-refractivity contribution in [2.24, 2.45) is 0 Å². The van der Waals surface area contributed by atoms with E-state index in [1.54, 1.807) is 6.92 Å². The van der Waals surface area contributed by atoms with E-state index in [1.165, 1.54) is 6.42 Å². The minimum atomic E-state index is 0.259. The van der Waals surface area contributed by atoms with Crippen LogP contribution in [0.15, 0.2) is 39.4 Å². The summed E-state index contributed by atoms with van der Waals surface area (Å²) in [6.45, 7) is 14.4. The van der Waals surface area contributed by atoms with Crippen LogP contribution in [-0.4, -0.2) is 87.5 Å². The molecule has 4 aromatic heterocycles. The van der Waals surface area contributed by atoms with Crippen LogP contribution in [-0.2, 0) is 22.4 Å². The van der Waals surface area contributed by atoms with Crippen molar-refractivity contribution in [3.05, 3.63) is 69.8 Å². The normalized spacial score (nSPS) is 17.3. The molecule has 15 nitrogen and oxygen atoms in total. The number of hydrogen-bond acceptors (Lipinski definition) is 15. The fourth-order valence-electron chi connectivity index (χ4n) is 8.60. The Bertz CT molecular complexity index is 2650. The monoisotopic (exact) mass is 821 g/mol. The van der Waals surface area contributed by atoms with Crippen LogP contribution >= 0.6 is 0 Å². The minimum Gasteiger partial charge on any atom is -0.380 e. The predicted molar refractivity (Wildman–Crippen MR) is 231 cm³/mol. The molecule has 3 aliphatic heterocycles. The van der Waals surface area contributed by atoms with Gasteiger partial charge < -0.3 is 28.9 Å². The fraction of sp³-hybridized carbons (Fsp3) is 0.457. The average Bonchev–Trinajstić information content (AvgIpc) is 3.93. The first-order valence-corrected chi connectivity index (χ1v) is 21.4. The summed E-state index contributed by atoms with van der Waals surface area (Å²) >= 11 is 0. The van der Waals surface area contributed by atoms with Crippen LogP contribution in [0.5, 0.6) is 0 Å². The Labute approximate surface area is 355 Å². The lowest BCUT2D eigenvalue weighted by Gasteiger charge is -2.36. The molecule has 3 aliphatic rings. The van der Waals surface area contributed by atoms with Crippen molar-refractivity contribution < 1.29 is 18.6 Å². The van der Waals surface area contributed by atoms with Gasteiger partial charge in [0.25, 0.3) is 11.8 Å². The van der Waals surface area contributed by atoms with Gasteiger partial charge >= 0.3 is 0 Å². The number of pyridine rings is 2. The third-order valence-electron chi connectivity index (χ3n) is 12.0. The highest BCUT2D eigenvalue weighted by Gasteiger charge is 2.29. The molecule has 6 aromatic rings. The number of Topliss-reactive ketones (excluding diaryl/α,β-unsaturated/α-hetero) is 1. The summed E-state index contributed by atoms with van der Waals surface area (Å²) in [6, 6.07) is 15.6. The number of nitrogens with one attached hydrogen (secondary N) is 1. The van der Waals surface area contributed by atoms with Crippen LogP contribution in [0, 0.1) is 43.4 Å². The van der Waals surface area contributed by atoms with E-state index in [0.717, 1.165) is 108 Å². The highest BCUT2D eigenvalue weighted by molar-refractivity contribution is 5.96. The quantitative estimate of drug-likeness (QED) is 0.161. The summed E-state index contributed by atoms with van der Waals surface area (Å²) < 4.78 is 16.7. The molecule has 3 fully saturated rings. The van der Waals surface area contributed by atoms with Crippen molar-refractivity contribution in [3.63, 3.8) is 0 Å². The van der Waals surface area contributed by atoms with E-state index in [0.29, 0.717) is 83.9 Å². The molecule has 2 aromatic carbocycles. The van der Waals surface area contributed by atoms with E-state index in [1.807, 2.05) is 32.0 Å². The van der Waals surface area contributed by atoms with Gasteiger partial charge in [0.05, 0.1) is 39.9 Å². The molecule has 0 saturated carbocycles. The van der Waals surface area contributed by atoms with Crippen LogP contribution in [0.4, 0.5) is 11.6 Å². The van der Waals surface area contributed by atoms with Gasteiger partial charge in [-0.05, 0) is 106 Å². The Morgan fingerprint density at radius 3 is 1.97 bits per heavy atom. The van der Waals surface area contributed by atoms with Crippen LogP contribution < -0.4 is 15.1 Å². The summed E-state index contributed by atoms with van der Waals surface area (Å²) in [7, 11) is 0. The summed E-state index contributed by atoms with van der Waals surface area (Å²) in [5, 5.41) is 33.0. The SMILES string of the molecule is CCc1cc(C#N)c2nc(N3CCC(=O)CC3)c(-c3nc(C)no3)c(C)c2c1.CCc1cc(C#N)c2nc(N3CCC(N[C@@H]4CCCOC4)CC3)c(-c3nc(C)no3)cc2c1. The number of benzene rings is 2. The standard InChI is InChI=1S/C25H30N6O2.C21H21N5O2/c1-3-17-11-18-13-22(25-27-16(2)30-33-25)24(29-23(18)19(12-17)14-26)31-8-6-20(7-9-31)28-21-5-4-10-32-15-21;1-4-14-9-15(11-22)19-17(10-14)12(2)18(21-23-13(3)25-28-21)20(24-19)26-7-5-16(27)6-8-26/h11-13,20-21,28H,3-10,15H2,1-2H3;9-10H,4-8H2,1-3H3/t21-;/m1./s1. The van der Waals surface area contributed by atoms with Gasteiger partial charge in [-0.3, -0.25) is 4.79 Å². The summed E-state index contributed by atoms with van der Waals surface area (Å²) in [5.74, 6) is 3.79. The first-order chi connectivity index (χ1) is 29.7. The lowest BCUT2D eigenvalue weighted by atomic mass is 9.97. The first kappa shape index (κ1) is 41.4. The number of rotatable bonds is 8. The summed E-state index contributed by atoms with van der Waals surface area (Å²) in [5.41, 5.74) is 7.30. The van der Waals surface area contributed by atoms with Crippen molar-refractivity contribution in [2.45, 2.75) is 98.1 Å². The number of aryl methyl sites for hydroxylation is 5. The molecule has 15 heteroatoms.